The van der Waals surface area contributed by atoms with Crippen molar-refractivity contribution in [1.29, 1.82) is 0 Å². The number of carbonyl (C=O) groups excluding carboxylic acids is 1. The third kappa shape index (κ3) is 4.04. The van der Waals surface area contributed by atoms with Crippen LogP contribution in [-0.2, 0) is 10.5 Å². The standard InChI is InChI=1S/C21H22O12/c22-7-15-17(27)18(28)19(29)20(32-15)31-13-4-9(23)5-14-16(13)12(26)6-21(30,33-14)8-1-2-10(24)11(25)3-8/h1-5,15,17-20,22-25,27-30H,6-7H2. The van der Waals surface area contributed by atoms with Gasteiger partial charge < -0.3 is 55.1 Å². The Bertz CT molecular complexity index is 1070. The van der Waals surface area contributed by atoms with Gasteiger partial charge in [0.1, 0.15) is 47.2 Å². The number of aliphatic hydroxyl groups excluding tert-OH is 4. The molecule has 0 spiro atoms. The highest BCUT2D eigenvalue weighted by molar-refractivity contribution is 6.03. The Balaban J connectivity index is 1.68. The van der Waals surface area contributed by atoms with Crippen LogP contribution in [0.2, 0.25) is 0 Å². The topological polar surface area (TPSA) is 207 Å². The van der Waals surface area contributed by atoms with Crippen molar-refractivity contribution in [3.8, 4) is 28.7 Å². The molecule has 12 heteroatoms. The highest BCUT2D eigenvalue weighted by Crippen LogP contribution is 2.45. The molecule has 0 bridgehead atoms. The van der Waals surface area contributed by atoms with Crippen molar-refractivity contribution in [2.45, 2.75) is 42.9 Å². The van der Waals surface area contributed by atoms with Crippen molar-refractivity contribution < 1.29 is 59.9 Å². The number of carbonyl (C=O) groups is 1. The normalized spacial score (nSPS) is 31.5. The number of Topliss-reactive ketones (excluding diaryl/α,β-unsaturated/α-hetero) is 1. The van der Waals surface area contributed by atoms with Gasteiger partial charge in [0.15, 0.2) is 17.3 Å². The summed E-state index contributed by atoms with van der Waals surface area (Å²) in [4.78, 5) is 13.0. The SMILES string of the molecule is O=C1CC(O)(c2ccc(O)c(O)c2)Oc2cc(O)cc(OC3OC(CO)C(O)C(O)C3O)c21. The number of phenols is 3. The quantitative estimate of drug-likeness (QED) is 0.250. The fraction of sp³-hybridized carbons (Fsp3) is 0.381. The Morgan fingerprint density at radius 1 is 1.00 bits per heavy atom. The van der Waals surface area contributed by atoms with Gasteiger partial charge in [-0.25, -0.2) is 0 Å². The molecule has 6 atom stereocenters. The van der Waals surface area contributed by atoms with E-state index >= 15 is 0 Å². The van der Waals surface area contributed by atoms with Crippen LogP contribution < -0.4 is 9.47 Å². The zero-order valence-corrected chi connectivity index (χ0v) is 16.9. The lowest BCUT2D eigenvalue weighted by Crippen LogP contribution is -2.60. The maximum absolute atomic E-state index is 13.0. The van der Waals surface area contributed by atoms with E-state index in [0.29, 0.717) is 0 Å². The van der Waals surface area contributed by atoms with E-state index in [4.69, 9.17) is 14.2 Å². The summed E-state index contributed by atoms with van der Waals surface area (Å²) < 4.78 is 16.3. The molecule has 8 N–H and O–H groups in total. The molecule has 1 saturated heterocycles. The minimum atomic E-state index is -2.25. The second kappa shape index (κ2) is 8.33. The molecule has 0 aromatic heterocycles. The molecule has 4 rings (SSSR count). The zero-order chi connectivity index (χ0) is 24.1. The predicted octanol–water partition coefficient (Wildman–Crippen LogP) is -1.21. The van der Waals surface area contributed by atoms with Gasteiger partial charge in [0, 0.05) is 17.7 Å². The van der Waals surface area contributed by atoms with Gasteiger partial charge in [0.25, 0.3) is 0 Å². The number of ether oxygens (including phenoxy) is 3. The van der Waals surface area contributed by atoms with Crippen LogP contribution in [0.25, 0.3) is 0 Å². The maximum Gasteiger partial charge on any atom is 0.242 e. The van der Waals surface area contributed by atoms with Crippen molar-refractivity contribution in [3.05, 3.63) is 41.5 Å². The number of ketones is 1. The van der Waals surface area contributed by atoms with Crippen LogP contribution in [0.1, 0.15) is 22.3 Å². The fourth-order valence-corrected chi connectivity index (χ4v) is 3.77. The Morgan fingerprint density at radius 3 is 2.39 bits per heavy atom. The minimum absolute atomic E-state index is 0.0449. The van der Waals surface area contributed by atoms with Gasteiger partial charge in [0.05, 0.1) is 13.0 Å². The highest BCUT2D eigenvalue weighted by atomic mass is 16.7. The largest absolute Gasteiger partial charge is 0.508 e. The second-order valence-electron chi connectivity index (χ2n) is 7.82. The third-order valence-electron chi connectivity index (χ3n) is 5.53. The summed E-state index contributed by atoms with van der Waals surface area (Å²) in [5.41, 5.74) is -0.256. The Morgan fingerprint density at radius 2 is 1.73 bits per heavy atom. The van der Waals surface area contributed by atoms with Crippen molar-refractivity contribution in [3.63, 3.8) is 0 Å². The molecule has 2 aromatic carbocycles. The lowest BCUT2D eigenvalue weighted by atomic mass is 9.92. The van der Waals surface area contributed by atoms with Gasteiger partial charge >= 0.3 is 0 Å². The van der Waals surface area contributed by atoms with Crippen molar-refractivity contribution in [2.24, 2.45) is 0 Å². The average molecular weight is 466 g/mol. The maximum atomic E-state index is 13.0. The van der Waals surface area contributed by atoms with Crippen LogP contribution in [0.15, 0.2) is 30.3 Å². The molecule has 2 aliphatic heterocycles. The molecule has 0 amide bonds. The molecular weight excluding hydrogens is 444 g/mol. The molecule has 33 heavy (non-hydrogen) atoms. The van der Waals surface area contributed by atoms with Gasteiger partial charge in [-0.2, -0.15) is 0 Å². The van der Waals surface area contributed by atoms with E-state index in [0.717, 1.165) is 24.3 Å². The molecule has 1 fully saturated rings. The summed E-state index contributed by atoms with van der Waals surface area (Å²) in [6.07, 6.45) is -8.65. The van der Waals surface area contributed by atoms with E-state index in [1.165, 1.54) is 6.07 Å². The molecule has 2 aliphatic rings. The van der Waals surface area contributed by atoms with Gasteiger partial charge in [-0.3, -0.25) is 4.79 Å². The van der Waals surface area contributed by atoms with E-state index in [1.54, 1.807) is 0 Å². The number of rotatable bonds is 4. The molecule has 2 aromatic rings. The number of hydrogen-bond acceptors (Lipinski definition) is 12. The van der Waals surface area contributed by atoms with E-state index in [1.807, 2.05) is 0 Å². The van der Waals surface area contributed by atoms with Crippen LogP contribution in [0.4, 0.5) is 0 Å². The van der Waals surface area contributed by atoms with Crippen molar-refractivity contribution in [2.75, 3.05) is 6.61 Å². The number of phenolic OH excluding ortho intramolecular Hbond substituents is 3. The van der Waals surface area contributed by atoms with Crippen molar-refractivity contribution in [1.82, 2.24) is 0 Å². The molecule has 0 saturated carbocycles. The van der Waals surface area contributed by atoms with Crippen LogP contribution in [0.5, 0.6) is 28.7 Å². The van der Waals surface area contributed by atoms with Crippen LogP contribution >= 0.6 is 0 Å². The van der Waals surface area contributed by atoms with E-state index in [9.17, 15) is 45.6 Å². The van der Waals surface area contributed by atoms with Crippen LogP contribution in [-0.4, -0.2) is 83.9 Å². The Hall–Kier alpha value is -3.13. The summed E-state index contributed by atoms with van der Waals surface area (Å²) in [6.45, 7) is -0.697. The van der Waals surface area contributed by atoms with Gasteiger partial charge in [-0.1, -0.05) is 0 Å². The summed E-state index contributed by atoms with van der Waals surface area (Å²) in [7, 11) is 0. The number of hydrogen-bond donors (Lipinski definition) is 8. The number of aliphatic hydroxyl groups is 5. The first-order chi connectivity index (χ1) is 15.5. The summed E-state index contributed by atoms with van der Waals surface area (Å²) in [6, 6.07) is 5.42. The van der Waals surface area contributed by atoms with Gasteiger partial charge in [-0.05, 0) is 18.2 Å². The number of aromatic hydroxyl groups is 3. The summed E-state index contributed by atoms with van der Waals surface area (Å²) in [5, 5.41) is 79.6. The molecular formula is C21H22O12. The van der Waals surface area contributed by atoms with E-state index in [-0.39, 0.29) is 22.6 Å². The number of benzene rings is 2. The highest BCUT2D eigenvalue weighted by Gasteiger charge is 2.47. The third-order valence-corrected chi connectivity index (χ3v) is 5.53. The molecule has 0 aliphatic carbocycles. The molecule has 6 unspecified atom stereocenters. The van der Waals surface area contributed by atoms with Gasteiger partial charge in [0.2, 0.25) is 12.1 Å². The Kier molecular flexibility index (Phi) is 5.82. The molecule has 0 radical (unpaired) electrons. The summed E-state index contributed by atoms with van der Waals surface area (Å²) in [5.74, 6) is -4.99. The molecule has 178 valence electrons. The smallest absolute Gasteiger partial charge is 0.242 e. The van der Waals surface area contributed by atoms with Crippen LogP contribution in [0, 0.1) is 0 Å². The zero-order valence-electron chi connectivity index (χ0n) is 16.9. The summed E-state index contributed by atoms with van der Waals surface area (Å²) >= 11 is 0. The van der Waals surface area contributed by atoms with E-state index in [2.05, 4.69) is 0 Å². The first-order valence-electron chi connectivity index (χ1n) is 9.85. The monoisotopic (exact) mass is 466 g/mol. The Labute approximate surface area is 186 Å². The number of fused-ring (bicyclic) bond motifs is 1. The van der Waals surface area contributed by atoms with Crippen molar-refractivity contribution >= 4 is 5.78 Å². The fourth-order valence-electron chi connectivity index (χ4n) is 3.77. The molecule has 2 heterocycles. The minimum Gasteiger partial charge on any atom is -0.508 e. The molecule has 12 nitrogen and oxygen atoms in total. The lowest BCUT2D eigenvalue weighted by molar-refractivity contribution is -0.277. The van der Waals surface area contributed by atoms with Gasteiger partial charge in [-0.15, -0.1) is 0 Å². The second-order valence-corrected chi connectivity index (χ2v) is 7.82. The average Bonchev–Trinajstić information content (AvgIpc) is 2.75. The first kappa shape index (κ1) is 23.0. The van der Waals surface area contributed by atoms with Crippen LogP contribution in [0.3, 0.4) is 0 Å². The van der Waals surface area contributed by atoms with E-state index < -0.39 is 72.6 Å². The predicted molar refractivity (Wildman–Crippen MR) is 106 cm³/mol. The lowest BCUT2D eigenvalue weighted by Gasteiger charge is -2.40. The first-order valence-corrected chi connectivity index (χ1v) is 9.85.